The third-order valence-corrected chi connectivity index (χ3v) is 4.83. The molecule has 1 aliphatic heterocycles. The fraction of sp³-hybridized carbons (Fsp3) is 0.500. The van der Waals surface area contributed by atoms with Crippen molar-refractivity contribution in [3.05, 3.63) is 41.5 Å². The van der Waals surface area contributed by atoms with Gasteiger partial charge in [-0.15, -0.1) is 11.8 Å². The van der Waals surface area contributed by atoms with Gasteiger partial charge in [0.25, 0.3) is 0 Å². The van der Waals surface area contributed by atoms with Crippen LogP contribution in [0.5, 0.6) is 0 Å². The van der Waals surface area contributed by atoms with E-state index in [2.05, 4.69) is 46.6 Å². The van der Waals surface area contributed by atoms with E-state index in [1.54, 1.807) is 11.8 Å². The quantitative estimate of drug-likeness (QED) is 0.860. The van der Waals surface area contributed by atoms with Gasteiger partial charge in [-0.3, -0.25) is 0 Å². The third kappa shape index (κ3) is 4.32. The maximum Gasteiger partial charge on any atom is 0.226 e. The van der Waals surface area contributed by atoms with Crippen LogP contribution in [-0.4, -0.2) is 23.2 Å². The first-order chi connectivity index (χ1) is 10.3. The van der Waals surface area contributed by atoms with Gasteiger partial charge in [-0.05, 0) is 50.9 Å². The summed E-state index contributed by atoms with van der Waals surface area (Å²) in [6.07, 6.45) is 3.33. The Morgan fingerprint density at radius 1 is 1.24 bits per heavy atom. The third-order valence-electron chi connectivity index (χ3n) is 3.82. The van der Waals surface area contributed by atoms with Crippen molar-refractivity contribution in [2.75, 3.05) is 13.1 Å². The summed E-state index contributed by atoms with van der Waals surface area (Å²) < 4.78 is 5.38. The van der Waals surface area contributed by atoms with Crippen molar-refractivity contribution in [3.8, 4) is 0 Å². The number of nitrogens with one attached hydrogen (secondary N) is 1. The Morgan fingerprint density at radius 3 is 2.76 bits per heavy atom. The van der Waals surface area contributed by atoms with Crippen LogP contribution in [0.3, 0.4) is 0 Å². The SMILES string of the molecule is Cc1ccc(SCc2noc(CC3CCNCC3)n2)cc1. The first-order valence-electron chi connectivity index (χ1n) is 7.51. The molecule has 0 aliphatic carbocycles. The number of hydrogen-bond donors (Lipinski definition) is 1. The Hall–Kier alpha value is -1.33. The standard InChI is InChI=1S/C16H21N3OS/c1-12-2-4-14(5-3-12)21-11-15-18-16(20-19-15)10-13-6-8-17-9-7-13/h2-5,13,17H,6-11H2,1H3. The molecule has 4 nitrogen and oxygen atoms in total. The maximum atomic E-state index is 5.38. The van der Waals surface area contributed by atoms with Gasteiger partial charge in [0.05, 0.1) is 5.75 Å². The molecule has 0 amide bonds. The highest BCUT2D eigenvalue weighted by Crippen LogP contribution is 2.22. The lowest BCUT2D eigenvalue weighted by molar-refractivity contribution is 0.312. The molecule has 2 heterocycles. The highest BCUT2D eigenvalue weighted by atomic mass is 32.2. The van der Waals surface area contributed by atoms with Crippen molar-refractivity contribution in [1.29, 1.82) is 0 Å². The molecule has 0 saturated carbocycles. The zero-order chi connectivity index (χ0) is 14.5. The minimum Gasteiger partial charge on any atom is -0.339 e. The number of aryl methyl sites for hydroxylation is 1. The summed E-state index contributed by atoms with van der Waals surface area (Å²) in [7, 11) is 0. The number of benzene rings is 1. The van der Waals surface area contributed by atoms with Gasteiger partial charge in [0.15, 0.2) is 5.82 Å². The van der Waals surface area contributed by atoms with E-state index >= 15 is 0 Å². The van der Waals surface area contributed by atoms with E-state index < -0.39 is 0 Å². The summed E-state index contributed by atoms with van der Waals surface area (Å²) in [6.45, 7) is 4.31. The molecule has 1 fully saturated rings. The molecule has 3 rings (SSSR count). The van der Waals surface area contributed by atoms with Crippen LogP contribution in [0.2, 0.25) is 0 Å². The van der Waals surface area contributed by atoms with Crippen LogP contribution in [0.25, 0.3) is 0 Å². The van der Waals surface area contributed by atoms with Crippen LogP contribution in [0.15, 0.2) is 33.7 Å². The molecule has 21 heavy (non-hydrogen) atoms. The Balaban J connectivity index is 1.51. The molecular weight excluding hydrogens is 282 g/mol. The summed E-state index contributed by atoms with van der Waals surface area (Å²) in [5.41, 5.74) is 1.28. The molecule has 5 heteroatoms. The fourth-order valence-corrected chi connectivity index (χ4v) is 3.29. The van der Waals surface area contributed by atoms with Crippen molar-refractivity contribution in [1.82, 2.24) is 15.5 Å². The number of nitrogens with zero attached hydrogens (tertiary/aromatic N) is 2. The zero-order valence-corrected chi connectivity index (χ0v) is 13.2. The maximum absolute atomic E-state index is 5.38. The van der Waals surface area contributed by atoms with Crippen LogP contribution >= 0.6 is 11.8 Å². The number of aromatic nitrogens is 2. The fourth-order valence-electron chi connectivity index (χ4n) is 2.55. The molecule has 1 aliphatic rings. The smallest absolute Gasteiger partial charge is 0.226 e. The van der Waals surface area contributed by atoms with Gasteiger partial charge in [0, 0.05) is 11.3 Å². The monoisotopic (exact) mass is 303 g/mol. The van der Waals surface area contributed by atoms with Crippen molar-refractivity contribution < 1.29 is 4.52 Å². The molecular formula is C16H21N3OS. The molecule has 0 radical (unpaired) electrons. The molecule has 1 aromatic heterocycles. The summed E-state index contributed by atoms with van der Waals surface area (Å²) in [5.74, 6) is 3.04. The Bertz CT molecular complexity index is 561. The van der Waals surface area contributed by atoms with Gasteiger partial charge < -0.3 is 9.84 Å². The van der Waals surface area contributed by atoms with Gasteiger partial charge in [-0.2, -0.15) is 4.98 Å². The number of hydrogen-bond acceptors (Lipinski definition) is 5. The van der Waals surface area contributed by atoms with Crippen molar-refractivity contribution in [3.63, 3.8) is 0 Å². The highest BCUT2D eigenvalue weighted by Gasteiger charge is 2.17. The predicted octanol–water partition coefficient (Wildman–Crippen LogP) is 3.21. The van der Waals surface area contributed by atoms with Gasteiger partial charge >= 0.3 is 0 Å². The minimum atomic E-state index is 0.685. The van der Waals surface area contributed by atoms with Gasteiger partial charge in [-0.25, -0.2) is 0 Å². The zero-order valence-electron chi connectivity index (χ0n) is 12.3. The second kappa shape index (κ2) is 7.09. The molecule has 112 valence electrons. The predicted molar refractivity (Wildman–Crippen MR) is 84.3 cm³/mol. The van der Waals surface area contributed by atoms with Crippen molar-refractivity contribution >= 4 is 11.8 Å². The van der Waals surface area contributed by atoms with Gasteiger partial charge in [0.1, 0.15) is 0 Å². The summed E-state index contributed by atoms with van der Waals surface area (Å²) >= 11 is 1.75. The Labute approximate surface area is 129 Å². The topological polar surface area (TPSA) is 51.0 Å². The Kier molecular flexibility index (Phi) is 4.93. The molecule has 0 spiro atoms. The normalized spacial score (nSPS) is 16.2. The van der Waals surface area contributed by atoms with Gasteiger partial charge in [0.2, 0.25) is 5.89 Å². The van der Waals surface area contributed by atoms with E-state index in [9.17, 15) is 0 Å². The van der Waals surface area contributed by atoms with E-state index in [0.717, 1.165) is 37.0 Å². The summed E-state index contributed by atoms with van der Waals surface area (Å²) in [5, 5.41) is 7.47. The van der Waals surface area contributed by atoms with Crippen molar-refractivity contribution in [2.45, 2.75) is 36.8 Å². The van der Waals surface area contributed by atoms with Crippen LogP contribution in [0.4, 0.5) is 0 Å². The second-order valence-corrected chi connectivity index (χ2v) is 6.65. The molecule has 1 aromatic carbocycles. The Morgan fingerprint density at radius 2 is 2.00 bits per heavy atom. The lowest BCUT2D eigenvalue weighted by atomic mass is 9.95. The highest BCUT2D eigenvalue weighted by molar-refractivity contribution is 7.98. The van der Waals surface area contributed by atoms with Gasteiger partial charge in [-0.1, -0.05) is 22.9 Å². The number of rotatable bonds is 5. The molecule has 1 N–H and O–H groups in total. The average molecular weight is 303 g/mol. The van der Waals surface area contributed by atoms with E-state index in [1.165, 1.54) is 23.3 Å². The lowest BCUT2D eigenvalue weighted by Crippen LogP contribution is -2.28. The first kappa shape index (κ1) is 14.6. The van der Waals surface area contributed by atoms with E-state index in [1.807, 2.05) is 0 Å². The van der Waals surface area contributed by atoms with E-state index in [0.29, 0.717) is 5.92 Å². The lowest BCUT2D eigenvalue weighted by Gasteiger charge is -2.20. The molecule has 1 saturated heterocycles. The van der Waals surface area contributed by atoms with Crippen LogP contribution < -0.4 is 5.32 Å². The molecule has 0 unspecified atom stereocenters. The van der Waals surface area contributed by atoms with Crippen molar-refractivity contribution in [2.24, 2.45) is 5.92 Å². The number of thioether (sulfide) groups is 1. The van der Waals surface area contributed by atoms with Crippen LogP contribution in [0.1, 0.15) is 30.1 Å². The average Bonchev–Trinajstić information content (AvgIpc) is 2.95. The first-order valence-corrected chi connectivity index (χ1v) is 8.50. The van der Waals surface area contributed by atoms with Crippen LogP contribution in [0, 0.1) is 12.8 Å². The van der Waals surface area contributed by atoms with Crippen LogP contribution in [-0.2, 0) is 12.2 Å². The largest absolute Gasteiger partial charge is 0.339 e. The molecule has 2 aromatic rings. The minimum absolute atomic E-state index is 0.685. The summed E-state index contributed by atoms with van der Waals surface area (Å²) in [4.78, 5) is 5.76. The molecule has 0 bridgehead atoms. The van der Waals surface area contributed by atoms with E-state index in [-0.39, 0.29) is 0 Å². The van der Waals surface area contributed by atoms with E-state index in [4.69, 9.17) is 4.52 Å². The second-order valence-electron chi connectivity index (χ2n) is 5.60. The molecule has 0 atom stereocenters. The summed E-state index contributed by atoms with van der Waals surface area (Å²) in [6, 6.07) is 8.52. The number of piperidine rings is 1.